The van der Waals surface area contributed by atoms with Crippen LogP contribution in [0.25, 0.3) is 0 Å². The zero-order valence-electron chi connectivity index (χ0n) is 10.4. The molecule has 1 atom stereocenters. The van der Waals surface area contributed by atoms with Crippen LogP contribution in [0.4, 0.5) is 0 Å². The Morgan fingerprint density at radius 2 is 2.12 bits per heavy atom. The molecule has 1 fully saturated rings. The van der Waals surface area contributed by atoms with Gasteiger partial charge in [-0.1, -0.05) is 6.07 Å². The minimum absolute atomic E-state index is 0.0174. The van der Waals surface area contributed by atoms with E-state index in [4.69, 9.17) is 18.9 Å². The summed E-state index contributed by atoms with van der Waals surface area (Å²) in [5, 5.41) is 0. The first kappa shape index (κ1) is 12.2. The molecule has 94 valence electrons. The summed E-state index contributed by atoms with van der Waals surface area (Å²) >= 11 is 0. The highest BCUT2D eigenvalue weighted by Crippen LogP contribution is 2.24. The Kier molecular flexibility index (Phi) is 3.54. The van der Waals surface area contributed by atoms with Gasteiger partial charge in [-0.25, -0.2) is 0 Å². The predicted molar refractivity (Wildman–Crippen MR) is 63.4 cm³/mol. The Balaban J connectivity index is 1.86. The van der Waals surface area contributed by atoms with E-state index in [-0.39, 0.29) is 6.10 Å². The van der Waals surface area contributed by atoms with E-state index in [1.165, 1.54) is 0 Å². The van der Waals surface area contributed by atoms with Gasteiger partial charge in [0.25, 0.3) is 0 Å². The van der Waals surface area contributed by atoms with Crippen LogP contribution >= 0.6 is 0 Å². The third-order valence-electron chi connectivity index (χ3n) is 2.54. The van der Waals surface area contributed by atoms with Crippen LogP contribution in [0.5, 0.6) is 11.5 Å². The Hall–Kier alpha value is -1.26. The van der Waals surface area contributed by atoms with Crippen molar-refractivity contribution in [2.45, 2.75) is 25.7 Å². The van der Waals surface area contributed by atoms with E-state index < -0.39 is 5.79 Å². The van der Waals surface area contributed by atoms with Crippen LogP contribution in [0.1, 0.15) is 13.8 Å². The minimum Gasteiger partial charge on any atom is -0.497 e. The van der Waals surface area contributed by atoms with Gasteiger partial charge in [-0.3, -0.25) is 0 Å². The SMILES string of the molecule is COc1cccc(OCC2COC(C)(C)O2)c1. The first-order valence-electron chi connectivity index (χ1n) is 5.68. The lowest BCUT2D eigenvalue weighted by atomic mass is 10.3. The van der Waals surface area contributed by atoms with Crippen LogP contribution in [0.15, 0.2) is 24.3 Å². The Morgan fingerprint density at radius 3 is 2.76 bits per heavy atom. The second kappa shape index (κ2) is 4.94. The van der Waals surface area contributed by atoms with Crippen LogP contribution in [-0.2, 0) is 9.47 Å². The number of methoxy groups -OCH3 is 1. The van der Waals surface area contributed by atoms with Gasteiger partial charge in [0.05, 0.1) is 13.7 Å². The zero-order chi connectivity index (χ0) is 12.3. The summed E-state index contributed by atoms with van der Waals surface area (Å²) in [4.78, 5) is 0. The maximum absolute atomic E-state index is 5.65. The third kappa shape index (κ3) is 3.35. The summed E-state index contributed by atoms with van der Waals surface area (Å²) in [6.45, 7) is 4.85. The van der Waals surface area contributed by atoms with E-state index in [0.717, 1.165) is 11.5 Å². The van der Waals surface area contributed by atoms with E-state index in [1.54, 1.807) is 7.11 Å². The lowest BCUT2D eigenvalue weighted by Crippen LogP contribution is -2.25. The average molecular weight is 238 g/mol. The van der Waals surface area contributed by atoms with Crippen LogP contribution < -0.4 is 9.47 Å². The highest BCUT2D eigenvalue weighted by molar-refractivity contribution is 5.32. The van der Waals surface area contributed by atoms with Crippen LogP contribution in [0, 0.1) is 0 Å². The van der Waals surface area contributed by atoms with Gasteiger partial charge in [-0.05, 0) is 26.0 Å². The Morgan fingerprint density at radius 1 is 1.35 bits per heavy atom. The van der Waals surface area contributed by atoms with Crippen molar-refractivity contribution < 1.29 is 18.9 Å². The molecule has 2 rings (SSSR count). The molecule has 1 aliphatic heterocycles. The number of hydrogen-bond donors (Lipinski definition) is 0. The molecule has 17 heavy (non-hydrogen) atoms. The van der Waals surface area contributed by atoms with E-state index in [1.807, 2.05) is 38.1 Å². The molecule has 1 aliphatic rings. The zero-order valence-corrected chi connectivity index (χ0v) is 10.4. The maximum atomic E-state index is 5.65. The summed E-state index contributed by atoms with van der Waals surface area (Å²) in [6, 6.07) is 7.51. The molecule has 0 aromatic heterocycles. The van der Waals surface area contributed by atoms with Gasteiger partial charge < -0.3 is 18.9 Å². The second-order valence-electron chi connectivity index (χ2n) is 4.44. The second-order valence-corrected chi connectivity index (χ2v) is 4.44. The molecular formula is C13H18O4. The van der Waals surface area contributed by atoms with Gasteiger partial charge >= 0.3 is 0 Å². The van der Waals surface area contributed by atoms with Crippen LogP contribution in [0.3, 0.4) is 0 Å². The van der Waals surface area contributed by atoms with Gasteiger partial charge in [0, 0.05) is 6.07 Å². The molecule has 4 nitrogen and oxygen atoms in total. The molecule has 4 heteroatoms. The van der Waals surface area contributed by atoms with Crippen molar-refractivity contribution in [3.05, 3.63) is 24.3 Å². The molecule has 1 unspecified atom stereocenters. The minimum atomic E-state index is -0.498. The molecule has 0 spiro atoms. The molecule has 0 aliphatic carbocycles. The molecule has 0 bridgehead atoms. The van der Waals surface area contributed by atoms with Crippen molar-refractivity contribution in [3.63, 3.8) is 0 Å². The highest BCUT2D eigenvalue weighted by atomic mass is 16.7. The van der Waals surface area contributed by atoms with Crippen molar-refractivity contribution in [2.24, 2.45) is 0 Å². The van der Waals surface area contributed by atoms with Crippen LogP contribution in [-0.4, -0.2) is 32.2 Å². The topological polar surface area (TPSA) is 36.9 Å². The van der Waals surface area contributed by atoms with Crippen molar-refractivity contribution in [1.82, 2.24) is 0 Å². The molecule has 0 saturated carbocycles. The molecule has 1 aromatic rings. The van der Waals surface area contributed by atoms with Crippen molar-refractivity contribution in [2.75, 3.05) is 20.3 Å². The van der Waals surface area contributed by atoms with E-state index in [9.17, 15) is 0 Å². The van der Waals surface area contributed by atoms with Crippen molar-refractivity contribution >= 4 is 0 Å². The van der Waals surface area contributed by atoms with E-state index >= 15 is 0 Å². The Labute approximate surface area is 101 Å². The van der Waals surface area contributed by atoms with E-state index in [2.05, 4.69) is 0 Å². The van der Waals surface area contributed by atoms with Crippen molar-refractivity contribution in [3.8, 4) is 11.5 Å². The quantitative estimate of drug-likeness (QED) is 0.806. The summed E-state index contributed by atoms with van der Waals surface area (Å²) in [7, 11) is 1.63. The van der Waals surface area contributed by atoms with Crippen LogP contribution in [0.2, 0.25) is 0 Å². The summed E-state index contributed by atoms with van der Waals surface area (Å²) in [5.41, 5.74) is 0. The van der Waals surface area contributed by atoms with Gasteiger partial charge in [0.15, 0.2) is 5.79 Å². The molecule has 0 radical (unpaired) electrons. The summed E-state index contributed by atoms with van der Waals surface area (Å²) in [6.07, 6.45) is -0.0174. The fourth-order valence-corrected chi connectivity index (χ4v) is 1.73. The first-order valence-corrected chi connectivity index (χ1v) is 5.68. The monoisotopic (exact) mass is 238 g/mol. The summed E-state index contributed by atoms with van der Waals surface area (Å²) in [5.74, 6) is 1.06. The van der Waals surface area contributed by atoms with E-state index in [0.29, 0.717) is 13.2 Å². The maximum Gasteiger partial charge on any atom is 0.163 e. The molecule has 1 saturated heterocycles. The third-order valence-corrected chi connectivity index (χ3v) is 2.54. The smallest absolute Gasteiger partial charge is 0.163 e. The average Bonchev–Trinajstić information content (AvgIpc) is 2.67. The van der Waals surface area contributed by atoms with Crippen molar-refractivity contribution in [1.29, 1.82) is 0 Å². The summed E-state index contributed by atoms with van der Waals surface area (Å²) < 4.78 is 21.9. The fraction of sp³-hybridized carbons (Fsp3) is 0.538. The first-order chi connectivity index (χ1) is 8.09. The predicted octanol–water partition coefficient (Wildman–Crippen LogP) is 2.23. The fourth-order valence-electron chi connectivity index (χ4n) is 1.73. The molecule has 0 amide bonds. The molecule has 1 aromatic carbocycles. The number of benzene rings is 1. The van der Waals surface area contributed by atoms with Gasteiger partial charge in [-0.2, -0.15) is 0 Å². The number of hydrogen-bond acceptors (Lipinski definition) is 4. The number of rotatable bonds is 4. The molecule has 0 N–H and O–H groups in total. The normalized spacial score (nSPS) is 22.4. The standard InChI is InChI=1S/C13H18O4/c1-13(2)16-9-12(17-13)8-15-11-6-4-5-10(7-11)14-3/h4-7,12H,8-9H2,1-3H3. The largest absolute Gasteiger partial charge is 0.497 e. The lowest BCUT2D eigenvalue weighted by molar-refractivity contribution is -0.141. The Bertz CT molecular complexity index is 375. The van der Waals surface area contributed by atoms with Gasteiger partial charge in [0.1, 0.15) is 24.2 Å². The highest BCUT2D eigenvalue weighted by Gasteiger charge is 2.32. The molecule has 1 heterocycles. The molecular weight excluding hydrogens is 220 g/mol. The van der Waals surface area contributed by atoms with Gasteiger partial charge in [0.2, 0.25) is 0 Å². The lowest BCUT2D eigenvalue weighted by Gasteiger charge is -2.17. The van der Waals surface area contributed by atoms with Gasteiger partial charge in [-0.15, -0.1) is 0 Å². The number of ether oxygens (including phenoxy) is 4.